The molecule has 0 saturated heterocycles. The van der Waals surface area contributed by atoms with Crippen molar-refractivity contribution in [2.75, 3.05) is 10.8 Å². The lowest BCUT2D eigenvalue weighted by molar-refractivity contribution is 0.651. The summed E-state index contributed by atoms with van der Waals surface area (Å²) in [6.07, 6.45) is 0. The van der Waals surface area contributed by atoms with Crippen LogP contribution in [0.25, 0.3) is 53.2 Å². The number of nitrogens with one attached hydrogen (secondary N) is 1. The van der Waals surface area contributed by atoms with Gasteiger partial charge in [0.25, 0.3) is 0 Å². The molecule has 1 unspecified atom stereocenters. The van der Waals surface area contributed by atoms with Crippen molar-refractivity contribution in [3.05, 3.63) is 121 Å². The van der Waals surface area contributed by atoms with Gasteiger partial charge in [0, 0.05) is 42.3 Å². The summed E-state index contributed by atoms with van der Waals surface area (Å²) in [5.41, 5.74) is 12.9. The van der Waals surface area contributed by atoms with Crippen molar-refractivity contribution in [3.8, 4) is 28.0 Å². The van der Waals surface area contributed by atoms with Gasteiger partial charge in [-0.05, 0) is 52.2 Å². The highest BCUT2D eigenvalue weighted by atomic mass is 32.1. The zero-order valence-electron chi connectivity index (χ0n) is 20.9. The third kappa shape index (κ3) is 3.60. The first-order valence-corrected chi connectivity index (χ1v) is 15.0. The number of nitrogen functional groups attached to an aromatic ring is 1. The Kier molecular flexibility index (Phi) is 5.12. The third-order valence-electron chi connectivity index (χ3n) is 7.42. The van der Waals surface area contributed by atoms with Gasteiger partial charge in [-0.3, -0.25) is 0 Å². The number of fused-ring (bicyclic) bond motifs is 6. The van der Waals surface area contributed by atoms with Crippen LogP contribution in [-0.4, -0.2) is 0 Å². The van der Waals surface area contributed by atoms with Crippen molar-refractivity contribution < 1.29 is 4.52 Å². The lowest BCUT2D eigenvalue weighted by Crippen LogP contribution is -2.11. The molecule has 8 rings (SSSR count). The highest BCUT2D eigenvalue weighted by molar-refractivity contribution is 7.63. The van der Waals surface area contributed by atoms with Crippen LogP contribution in [0.1, 0.15) is 0 Å². The van der Waals surface area contributed by atoms with Gasteiger partial charge < -0.3 is 15.3 Å². The Morgan fingerprint density at radius 2 is 1.38 bits per heavy atom. The van der Waals surface area contributed by atoms with Crippen molar-refractivity contribution in [3.63, 3.8) is 0 Å². The van der Waals surface area contributed by atoms with E-state index in [1.807, 2.05) is 29.5 Å². The Morgan fingerprint density at radius 1 is 0.667 bits per heavy atom. The van der Waals surface area contributed by atoms with Gasteiger partial charge in [0.1, 0.15) is 0 Å². The minimum absolute atomic E-state index is 0.762. The highest BCUT2D eigenvalue weighted by Gasteiger charge is 2.32. The molecule has 1 aromatic heterocycles. The number of nitrogens with two attached hydrogens (primary N) is 1. The number of rotatable bonds is 3. The molecule has 186 valence electrons. The number of benzene rings is 6. The van der Waals surface area contributed by atoms with Crippen LogP contribution in [0.2, 0.25) is 0 Å². The smallest absolute Gasteiger partial charge is 0.223 e. The van der Waals surface area contributed by atoms with Crippen molar-refractivity contribution in [1.29, 1.82) is 0 Å². The molecule has 0 bridgehead atoms. The van der Waals surface area contributed by atoms with E-state index in [1.54, 1.807) is 0 Å². The SMILES string of the molecule is Nc1ccccc1-c1cc2ccccc2cc1P1Nc2cc(-c3ccccc3)c3sc4ccccc4c3c2O1. The summed E-state index contributed by atoms with van der Waals surface area (Å²) in [5.74, 6) is 0.938. The lowest BCUT2D eigenvalue weighted by Gasteiger charge is -2.18. The Balaban J connectivity index is 1.36. The van der Waals surface area contributed by atoms with Crippen molar-refractivity contribution in [2.45, 2.75) is 0 Å². The first-order valence-electron chi connectivity index (χ1n) is 12.9. The summed E-state index contributed by atoms with van der Waals surface area (Å²) in [6.45, 7) is 0. The largest absolute Gasteiger partial charge is 0.446 e. The fourth-order valence-corrected chi connectivity index (χ4v) is 8.49. The monoisotopic (exact) mass is 538 g/mol. The van der Waals surface area contributed by atoms with Crippen molar-refractivity contribution >= 4 is 67.3 Å². The molecule has 0 spiro atoms. The normalized spacial score (nSPS) is 14.4. The Labute approximate surface area is 231 Å². The molecule has 39 heavy (non-hydrogen) atoms. The van der Waals surface area contributed by atoms with Crippen molar-refractivity contribution in [1.82, 2.24) is 0 Å². The number of hydrogen-bond acceptors (Lipinski definition) is 4. The van der Waals surface area contributed by atoms with Gasteiger partial charge in [-0.25, -0.2) is 0 Å². The average Bonchev–Trinajstić information content (AvgIpc) is 3.58. The summed E-state index contributed by atoms with van der Waals surface area (Å²) in [6, 6.07) is 42.6. The van der Waals surface area contributed by atoms with Gasteiger partial charge in [-0.15, -0.1) is 11.3 Å². The van der Waals surface area contributed by atoms with Crippen LogP contribution in [0.3, 0.4) is 0 Å². The summed E-state index contributed by atoms with van der Waals surface area (Å²) in [5, 5.41) is 9.73. The maximum absolute atomic E-state index is 6.93. The molecule has 1 aliphatic heterocycles. The molecule has 3 N–H and O–H groups in total. The highest BCUT2D eigenvalue weighted by Crippen LogP contribution is 2.58. The maximum Gasteiger partial charge on any atom is 0.223 e. The number of thiophene rings is 1. The average molecular weight is 539 g/mol. The molecule has 0 saturated carbocycles. The van der Waals surface area contributed by atoms with Crippen LogP contribution >= 0.6 is 19.6 Å². The molecule has 6 aromatic carbocycles. The molecule has 7 aromatic rings. The van der Waals surface area contributed by atoms with Gasteiger partial charge in [0.15, 0.2) is 5.75 Å². The van der Waals surface area contributed by atoms with Crippen LogP contribution in [0.15, 0.2) is 121 Å². The molecule has 2 heterocycles. The van der Waals surface area contributed by atoms with Gasteiger partial charge in [0.2, 0.25) is 8.30 Å². The quantitative estimate of drug-likeness (QED) is 0.174. The van der Waals surface area contributed by atoms with Gasteiger partial charge >= 0.3 is 0 Å². The second kappa shape index (κ2) is 8.84. The third-order valence-corrected chi connectivity index (χ3v) is 10.2. The zero-order chi connectivity index (χ0) is 25.9. The first kappa shape index (κ1) is 22.6. The van der Waals surface area contributed by atoms with Crippen LogP contribution < -0.4 is 20.6 Å². The van der Waals surface area contributed by atoms with Crippen LogP contribution in [0.5, 0.6) is 5.75 Å². The fourth-order valence-electron chi connectivity index (χ4n) is 5.57. The summed E-state index contributed by atoms with van der Waals surface area (Å²) >= 11 is 1.83. The molecular weight excluding hydrogens is 515 g/mol. The Hall–Kier alpha value is -4.37. The lowest BCUT2D eigenvalue weighted by atomic mass is 10.00. The van der Waals surface area contributed by atoms with Gasteiger partial charge in [-0.1, -0.05) is 91.0 Å². The molecule has 0 radical (unpaired) electrons. The molecule has 0 amide bonds. The molecular formula is C34H23N2OPS. The summed E-state index contributed by atoms with van der Waals surface area (Å²) in [4.78, 5) is 0. The second-order valence-corrected chi connectivity index (χ2v) is 12.3. The predicted molar refractivity (Wildman–Crippen MR) is 169 cm³/mol. The molecule has 0 fully saturated rings. The second-order valence-electron chi connectivity index (χ2n) is 9.77. The van der Waals surface area contributed by atoms with E-state index in [0.717, 1.165) is 33.6 Å². The molecule has 5 heteroatoms. The van der Waals surface area contributed by atoms with Gasteiger partial charge in [-0.2, -0.15) is 0 Å². The fraction of sp³-hybridized carbons (Fsp3) is 0. The van der Waals surface area contributed by atoms with E-state index in [1.165, 1.54) is 42.1 Å². The van der Waals surface area contributed by atoms with Crippen LogP contribution in [0, 0.1) is 0 Å². The number of hydrogen-bond donors (Lipinski definition) is 2. The van der Waals surface area contributed by atoms with Crippen LogP contribution in [0.4, 0.5) is 11.4 Å². The predicted octanol–water partition coefficient (Wildman–Crippen LogP) is 9.57. The van der Waals surface area contributed by atoms with E-state index in [9.17, 15) is 0 Å². The van der Waals surface area contributed by atoms with Gasteiger partial charge in [0.05, 0.1) is 5.69 Å². The number of anilines is 2. The Bertz CT molecular complexity index is 2050. The molecule has 0 aliphatic carbocycles. The minimum Gasteiger partial charge on any atom is -0.446 e. The van der Waals surface area contributed by atoms with E-state index in [-0.39, 0.29) is 0 Å². The summed E-state index contributed by atoms with van der Waals surface area (Å²) in [7, 11) is -1.19. The topological polar surface area (TPSA) is 47.3 Å². The standard InChI is InChI=1S/C34H23N2OPS/c35-28-16-8-6-14-24(28)27-18-22-12-4-5-13-23(22)19-30(27)38-36-29-20-26(21-10-2-1-3-11-21)34-32(33(29)37-38)25-15-7-9-17-31(25)39-34/h1-20,36H,35H2. The van der Waals surface area contributed by atoms with E-state index in [0.29, 0.717) is 0 Å². The zero-order valence-corrected chi connectivity index (χ0v) is 22.6. The van der Waals surface area contributed by atoms with Crippen LogP contribution in [-0.2, 0) is 0 Å². The minimum atomic E-state index is -1.19. The molecule has 3 nitrogen and oxygen atoms in total. The van der Waals surface area contributed by atoms with Crippen molar-refractivity contribution in [2.24, 2.45) is 0 Å². The Morgan fingerprint density at radius 3 is 2.23 bits per heavy atom. The number of para-hydroxylation sites is 1. The first-order chi connectivity index (χ1) is 19.2. The molecule has 1 atom stereocenters. The van der Waals surface area contributed by atoms with E-state index < -0.39 is 8.30 Å². The maximum atomic E-state index is 6.93. The van der Waals surface area contributed by atoms with E-state index >= 15 is 0 Å². The van der Waals surface area contributed by atoms with E-state index in [2.05, 4.69) is 108 Å². The molecule has 1 aliphatic rings. The summed E-state index contributed by atoms with van der Waals surface area (Å²) < 4.78 is 9.45. The van der Waals surface area contributed by atoms with E-state index in [4.69, 9.17) is 10.3 Å².